The van der Waals surface area contributed by atoms with Crippen molar-refractivity contribution in [2.45, 2.75) is 19.1 Å². The molecule has 1 N–H and O–H groups in total. The van der Waals surface area contributed by atoms with Crippen LogP contribution in [0.4, 0.5) is 0 Å². The molecular formula is C16H20N2O3S2. The Hall–Kier alpha value is -1.47. The van der Waals surface area contributed by atoms with Gasteiger partial charge in [-0.3, -0.25) is 9.79 Å². The molecule has 23 heavy (non-hydrogen) atoms. The van der Waals surface area contributed by atoms with E-state index in [0.717, 1.165) is 28.7 Å². The Kier molecular flexibility index (Phi) is 7.48. The van der Waals surface area contributed by atoms with E-state index in [1.54, 1.807) is 35.7 Å². The summed E-state index contributed by atoms with van der Waals surface area (Å²) < 4.78 is 6.17. The summed E-state index contributed by atoms with van der Waals surface area (Å²) in [6.45, 7) is 3.17. The molecule has 1 aromatic rings. The lowest BCUT2D eigenvalue weighted by Crippen LogP contribution is -2.29. The first-order valence-electron chi connectivity index (χ1n) is 7.52. The van der Waals surface area contributed by atoms with Crippen LogP contribution in [0.2, 0.25) is 0 Å². The highest BCUT2D eigenvalue weighted by molar-refractivity contribution is 8.38. The first kappa shape index (κ1) is 17.9. The largest absolute Gasteiger partial charge is 0.452 e. The molecule has 0 aromatic heterocycles. The van der Waals surface area contributed by atoms with E-state index in [0.29, 0.717) is 17.9 Å². The second kappa shape index (κ2) is 9.62. The molecule has 0 aliphatic carbocycles. The summed E-state index contributed by atoms with van der Waals surface area (Å²) in [5.41, 5.74) is 1.40. The summed E-state index contributed by atoms with van der Waals surface area (Å²) in [6.07, 6.45) is 0.849. The van der Waals surface area contributed by atoms with E-state index < -0.39 is 5.97 Å². The number of hydrogen-bond acceptors (Lipinski definition) is 6. The van der Waals surface area contributed by atoms with Crippen molar-refractivity contribution in [3.63, 3.8) is 0 Å². The topological polar surface area (TPSA) is 67.8 Å². The quantitative estimate of drug-likeness (QED) is 0.764. The molecule has 0 atom stereocenters. The molecule has 0 saturated carbocycles. The van der Waals surface area contributed by atoms with Gasteiger partial charge in [-0.15, -0.1) is 0 Å². The van der Waals surface area contributed by atoms with Gasteiger partial charge in [-0.25, -0.2) is 4.79 Å². The average Bonchev–Trinajstić information content (AvgIpc) is 3.09. The predicted molar refractivity (Wildman–Crippen MR) is 96.1 cm³/mol. The molecule has 0 bridgehead atoms. The van der Waals surface area contributed by atoms with Crippen LogP contribution in [0, 0.1) is 0 Å². The zero-order valence-corrected chi connectivity index (χ0v) is 14.7. The number of esters is 1. The number of ether oxygens (including phenoxy) is 1. The number of carbonyl (C=O) groups excluding carboxylic acids is 2. The van der Waals surface area contributed by atoms with Crippen molar-refractivity contribution >= 4 is 39.8 Å². The highest BCUT2D eigenvalue weighted by Crippen LogP contribution is 2.26. The maximum Gasteiger partial charge on any atom is 0.338 e. The van der Waals surface area contributed by atoms with Crippen molar-refractivity contribution in [3.05, 3.63) is 35.4 Å². The van der Waals surface area contributed by atoms with E-state index in [1.807, 2.05) is 19.1 Å². The van der Waals surface area contributed by atoms with Crippen molar-refractivity contribution in [3.8, 4) is 0 Å². The van der Waals surface area contributed by atoms with E-state index in [2.05, 4.69) is 10.3 Å². The van der Waals surface area contributed by atoms with Gasteiger partial charge in [-0.2, -0.15) is 0 Å². The minimum absolute atomic E-state index is 0.247. The van der Waals surface area contributed by atoms with Crippen LogP contribution < -0.4 is 5.32 Å². The van der Waals surface area contributed by atoms with Crippen LogP contribution in [-0.2, 0) is 15.3 Å². The Morgan fingerprint density at radius 2 is 2.22 bits per heavy atom. The lowest BCUT2D eigenvalue weighted by Gasteiger charge is -2.09. The minimum Gasteiger partial charge on any atom is -0.452 e. The number of benzene rings is 1. The normalized spacial score (nSPS) is 13.5. The van der Waals surface area contributed by atoms with Crippen LogP contribution >= 0.6 is 23.5 Å². The summed E-state index contributed by atoms with van der Waals surface area (Å²) in [7, 11) is 0. The minimum atomic E-state index is -0.464. The number of rotatable bonds is 7. The number of nitrogens with zero attached hydrogens (tertiary/aromatic N) is 1. The van der Waals surface area contributed by atoms with Crippen LogP contribution in [0.5, 0.6) is 0 Å². The Bertz CT molecular complexity index is 590. The Labute approximate surface area is 144 Å². The molecule has 1 amide bonds. The molecule has 1 aliphatic heterocycles. The molecule has 0 unspecified atom stereocenters. The molecule has 0 radical (unpaired) electrons. The number of thioether (sulfide) groups is 2. The number of aliphatic imine (C=N–C) groups is 1. The Morgan fingerprint density at radius 1 is 1.39 bits per heavy atom. The van der Waals surface area contributed by atoms with Gasteiger partial charge >= 0.3 is 5.97 Å². The van der Waals surface area contributed by atoms with Gasteiger partial charge in [0.2, 0.25) is 0 Å². The van der Waals surface area contributed by atoms with Gasteiger partial charge in [0.25, 0.3) is 5.91 Å². The fraction of sp³-hybridized carbons (Fsp3) is 0.438. The van der Waals surface area contributed by atoms with Crippen LogP contribution in [0.1, 0.15) is 29.3 Å². The first-order valence-corrected chi connectivity index (χ1v) is 9.49. The number of hydrogen-bond donors (Lipinski definition) is 1. The van der Waals surface area contributed by atoms with Gasteiger partial charge in [0.1, 0.15) is 4.38 Å². The zero-order chi connectivity index (χ0) is 16.5. The number of nitrogens with one attached hydrogen (secondary N) is 1. The van der Waals surface area contributed by atoms with E-state index in [-0.39, 0.29) is 12.5 Å². The number of amides is 1. The van der Waals surface area contributed by atoms with Crippen LogP contribution in [0.3, 0.4) is 0 Å². The molecule has 1 aliphatic rings. The predicted octanol–water partition coefficient (Wildman–Crippen LogP) is 2.71. The van der Waals surface area contributed by atoms with Gasteiger partial charge in [0.15, 0.2) is 6.61 Å². The second-order valence-electron chi connectivity index (χ2n) is 4.87. The lowest BCUT2D eigenvalue weighted by atomic mass is 10.1. The van der Waals surface area contributed by atoms with Gasteiger partial charge < -0.3 is 10.1 Å². The molecule has 0 fully saturated rings. The summed E-state index contributed by atoms with van der Waals surface area (Å²) in [4.78, 5) is 28.1. The molecule has 0 saturated heterocycles. The van der Waals surface area contributed by atoms with E-state index >= 15 is 0 Å². The first-order chi connectivity index (χ1) is 11.2. The van der Waals surface area contributed by atoms with Gasteiger partial charge in [-0.1, -0.05) is 48.6 Å². The van der Waals surface area contributed by atoms with Crippen molar-refractivity contribution < 1.29 is 14.3 Å². The molecular weight excluding hydrogens is 332 g/mol. The third kappa shape index (κ3) is 5.91. The van der Waals surface area contributed by atoms with Gasteiger partial charge in [0, 0.05) is 18.1 Å². The monoisotopic (exact) mass is 352 g/mol. The lowest BCUT2D eigenvalue weighted by molar-refractivity contribution is -0.124. The fourth-order valence-corrected chi connectivity index (χ4v) is 3.93. The fourth-order valence-electron chi connectivity index (χ4n) is 1.91. The summed E-state index contributed by atoms with van der Waals surface area (Å²) in [5.74, 6) is 0.954. The standard InChI is InChI=1S/C16H20N2O3S2/c1-2-7-17-14(19)10-21-15(20)13-6-4-3-5-12(13)11-23-16-18-8-9-22-16/h3-6H,2,7-11H2,1H3,(H,17,19). The Balaban J connectivity index is 1.90. The maximum absolute atomic E-state index is 12.2. The third-order valence-electron chi connectivity index (χ3n) is 3.05. The zero-order valence-electron chi connectivity index (χ0n) is 13.0. The third-order valence-corrected chi connectivity index (χ3v) is 5.35. The van der Waals surface area contributed by atoms with Crippen molar-refractivity contribution in [2.75, 3.05) is 25.4 Å². The van der Waals surface area contributed by atoms with Crippen molar-refractivity contribution in [1.29, 1.82) is 0 Å². The summed E-state index contributed by atoms with van der Waals surface area (Å²) >= 11 is 3.37. The van der Waals surface area contributed by atoms with Crippen molar-refractivity contribution in [2.24, 2.45) is 4.99 Å². The molecule has 0 spiro atoms. The van der Waals surface area contributed by atoms with E-state index in [4.69, 9.17) is 4.74 Å². The molecule has 5 nitrogen and oxygen atoms in total. The summed E-state index contributed by atoms with van der Waals surface area (Å²) in [5, 5.41) is 2.68. The maximum atomic E-state index is 12.2. The molecule has 2 rings (SSSR count). The highest BCUT2D eigenvalue weighted by Gasteiger charge is 2.15. The van der Waals surface area contributed by atoms with Crippen LogP contribution in [0.25, 0.3) is 0 Å². The van der Waals surface area contributed by atoms with Gasteiger partial charge in [-0.05, 0) is 18.1 Å². The van der Waals surface area contributed by atoms with E-state index in [1.165, 1.54) is 0 Å². The molecule has 1 aromatic carbocycles. The second-order valence-corrected chi connectivity index (χ2v) is 7.17. The van der Waals surface area contributed by atoms with Crippen LogP contribution in [-0.4, -0.2) is 41.7 Å². The SMILES string of the molecule is CCCNC(=O)COC(=O)c1ccccc1CSC1=NCCS1. The van der Waals surface area contributed by atoms with E-state index in [9.17, 15) is 9.59 Å². The Morgan fingerprint density at radius 3 is 2.96 bits per heavy atom. The molecule has 124 valence electrons. The highest BCUT2D eigenvalue weighted by atomic mass is 32.2. The van der Waals surface area contributed by atoms with Crippen LogP contribution in [0.15, 0.2) is 29.3 Å². The summed E-state index contributed by atoms with van der Waals surface area (Å²) in [6, 6.07) is 7.32. The number of carbonyl (C=O) groups is 2. The smallest absolute Gasteiger partial charge is 0.338 e. The average molecular weight is 352 g/mol. The molecule has 1 heterocycles. The van der Waals surface area contributed by atoms with Gasteiger partial charge in [0.05, 0.1) is 12.1 Å². The molecule has 7 heteroatoms. The van der Waals surface area contributed by atoms with Crippen molar-refractivity contribution in [1.82, 2.24) is 5.32 Å².